The van der Waals surface area contributed by atoms with Crippen LogP contribution in [0.1, 0.15) is 28.7 Å². The lowest BCUT2D eigenvalue weighted by molar-refractivity contribution is 0.305. The molecule has 3 heteroatoms. The Morgan fingerprint density at radius 1 is 1.20 bits per heavy atom. The summed E-state index contributed by atoms with van der Waals surface area (Å²) < 4.78 is 5.88. The smallest absolute Gasteiger partial charge is 0.123 e. The van der Waals surface area contributed by atoms with E-state index in [2.05, 4.69) is 24.8 Å². The van der Waals surface area contributed by atoms with Gasteiger partial charge in [0, 0.05) is 11.3 Å². The van der Waals surface area contributed by atoms with Gasteiger partial charge in [0.25, 0.3) is 0 Å². The normalized spacial score (nSPS) is 9.90. The second-order valence-electron chi connectivity index (χ2n) is 4.29. The van der Waals surface area contributed by atoms with Crippen molar-refractivity contribution in [2.24, 2.45) is 0 Å². The molecule has 0 bridgehead atoms. The Kier molecular flexibility index (Phi) is 5.67. The Hall–Kier alpha value is -1.76. The average molecular weight is 286 g/mol. The first-order valence-corrected chi connectivity index (χ1v) is 7.54. The van der Waals surface area contributed by atoms with Gasteiger partial charge in [-0.15, -0.1) is 11.3 Å². The number of aliphatic hydroxyl groups excluding tert-OH is 1. The number of aliphatic hydroxyl groups is 1. The van der Waals surface area contributed by atoms with E-state index in [9.17, 15) is 0 Å². The molecule has 1 heterocycles. The van der Waals surface area contributed by atoms with Crippen LogP contribution in [-0.2, 0) is 13.0 Å². The molecular formula is C17H18O2S. The van der Waals surface area contributed by atoms with E-state index in [-0.39, 0.29) is 6.61 Å². The van der Waals surface area contributed by atoms with E-state index in [1.165, 1.54) is 5.56 Å². The third kappa shape index (κ3) is 4.12. The first-order valence-electron chi connectivity index (χ1n) is 6.72. The number of rotatable bonds is 5. The van der Waals surface area contributed by atoms with Crippen molar-refractivity contribution in [1.29, 1.82) is 0 Å². The Morgan fingerprint density at radius 3 is 2.85 bits per heavy atom. The number of ether oxygens (including phenoxy) is 1. The van der Waals surface area contributed by atoms with Crippen LogP contribution in [0.2, 0.25) is 0 Å². The van der Waals surface area contributed by atoms with E-state index < -0.39 is 0 Å². The number of hydrogen-bond acceptors (Lipinski definition) is 3. The highest BCUT2D eigenvalue weighted by Gasteiger charge is 2.03. The molecule has 0 atom stereocenters. The molecule has 2 rings (SSSR count). The summed E-state index contributed by atoms with van der Waals surface area (Å²) >= 11 is 1.64. The maximum absolute atomic E-state index is 8.69. The first kappa shape index (κ1) is 14.6. The molecule has 0 aliphatic rings. The van der Waals surface area contributed by atoms with Gasteiger partial charge in [-0.25, -0.2) is 0 Å². The number of benzene rings is 1. The molecule has 0 aliphatic carbocycles. The van der Waals surface area contributed by atoms with Gasteiger partial charge in [-0.05, 0) is 30.2 Å². The minimum absolute atomic E-state index is 0.113. The molecule has 0 unspecified atom stereocenters. The molecule has 0 spiro atoms. The number of hydrogen-bond donors (Lipinski definition) is 1. The molecule has 1 aromatic carbocycles. The van der Waals surface area contributed by atoms with Crippen LogP contribution in [0.5, 0.6) is 5.75 Å². The van der Waals surface area contributed by atoms with E-state index in [0.717, 1.165) is 21.9 Å². The molecule has 0 saturated heterocycles. The van der Waals surface area contributed by atoms with Gasteiger partial charge in [0.15, 0.2) is 0 Å². The van der Waals surface area contributed by atoms with Gasteiger partial charge in [0.1, 0.15) is 12.4 Å². The predicted molar refractivity (Wildman–Crippen MR) is 83.1 cm³/mol. The molecule has 20 heavy (non-hydrogen) atoms. The fourth-order valence-corrected chi connectivity index (χ4v) is 2.61. The van der Waals surface area contributed by atoms with Crippen molar-refractivity contribution in [1.82, 2.24) is 0 Å². The summed E-state index contributed by atoms with van der Waals surface area (Å²) in [6, 6.07) is 12.2. The van der Waals surface area contributed by atoms with Gasteiger partial charge < -0.3 is 9.84 Å². The van der Waals surface area contributed by atoms with Crippen LogP contribution in [0.4, 0.5) is 0 Å². The van der Waals surface area contributed by atoms with Crippen molar-refractivity contribution >= 4 is 11.3 Å². The van der Waals surface area contributed by atoms with Crippen LogP contribution in [0.15, 0.2) is 36.4 Å². The van der Waals surface area contributed by atoms with Gasteiger partial charge >= 0.3 is 0 Å². The van der Waals surface area contributed by atoms with Crippen molar-refractivity contribution in [2.75, 3.05) is 6.61 Å². The highest BCUT2D eigenvalue weighted by Crippen LogP contribution is 2.22. The largest absolute Gasteiger partial charge is 0.488 e. The van der Waals surface area contributed by atoms with Crippen LogP contribution in [0.3, 0.4) is 0 Å². The molecule has 0 fully saturated rings. The van der Waals surface area contributed by atoms with E-state index >= 15 is 0 Å². The zero-order chi connectivity index (χ0) is 14.2. The molecule has 1 aromatic heterocycles. The summed E-state index contributed by atoms with van der Waals surface area (Å²) in [5, 5.41) is 8.69. The Bertz CT molecular complexity index is 605. The van der Waals surface area contributed by atoms with Crippen LogP contribution in [0.25, 0.3) is 0 Å². The highest BCUT2D eigenvalue weighted by molar-refractivity contribution is 7.12. The van der Waals surface area contributed by atoms with E-state index in [1.54, 1.807) is 11.3 Å². The van der Waals surface area contributed by atoms with Crippen LogP contribution in [-0.4, -0.2) is 11.7 Å². The lowest BCUT2D eigenvalue weighted by Gasteiger charge is -2.08. The monoisotopic (exact) mass is 286 g/mol. The Labute approximate surface area is 124 Å². The van der Waals surface area contributed by atoms with Crippen LogP contribution >= 0.6 is 11.3 Å². The zero-order valence-electron chi connectivity index (χ0n) is 11.6. The Balaban J connectivity index is 1.96. The predicted octanol–water partition coefficient (Wildman–Crippen LogP) is 3.62. The summed E-state index contributed by atoms with van der Waals surface area (Å²) in [6.07, 6.45) is 1.49. The molecule has 2 nitrogen and oxygen atoms in total. The number of aryl methyl sites for hydroxylation is 1. The number of para-hydroxylation sites is 1. The van der Waals surface area contributed by atoms with Crippen molar-refractivity contribution in [2.45, 2.75) is 26.4 Å². The average Bonchev–Trinajstić information content (AvgIpc) is 2.93. The van der Waals surface area contributed by atoms with E-state index in [4.69, 9.17) is 9.84 Å². The van der Waals surface area contributed by atoms with E-state index in [0.29, 0.717) is 13.0 Å². The molecule has 0 amide bonds. The first-order chi connectivity index (χ1) is 9.83. The molecule has 0 aliphatic heterocycles. The van der Waals surface area contributed by atoms with Crippen molar-refractivity contribution in [3.05, 3.63) is 51.7 Å². The Morgan fingerprint density at radius 2 is 2.05 bits per heavy atom. The topological polar surface area (TPSA) is 29.5 Å². The summed E-state index contributed by atoms with van der Waals surface area (Å²) in [5.74, 6) is 6.92. The number of thiophene rings is 1. The van der Waals surface area contributed by atoms with Gasteiger partial charge in [0.2, 0.25) is 0 Å². The zero-order valence-corrected chi connectivity index (χ0v) is 12.4. The second kappa shape index (κ2) is 7.74. The summed E-state index contributed by atoms with van der Waals surface area (Å²) in [6.45, 7) is 2.81. The van der Waals surface area contributed by atoms with Crippen molar-refractivity contribution in [3.8, 4) is 17.6 Å². The fraction of sp³-hybridized carbons (Fsp3) is 0.294. The summed E-state index contributed by atoms with van der Waals surface area (Å²) in [5.41, 5.74) is 1.23. The highest BCUT2D eigenvalue weighted by atomic mass is 32.1. The fourth-order valence-electron chi connectivity index (χ4n) is 1.81. The lowest BCUT2D eigenvalue weighted by Crippen LogP contribution is -1.96. The second-order valence-corrected chi connectivity index (χ2v) is 5.46. The third-order valence-electron chi connectivity index (χ3n) is 2.83. The molecular weight excluding hydrogens is 268 g/mol. The summed E-state index contributed by atoms with van der Waals surface area (Å²) in [4.78, 5) is 2.17. The summed E-state index contributed by atoms with van der Waals surface area (Å²) in [7, 11) is 0. The van der Waals surface area contributed by atoms with Gasteiger partial charge in [-0.1, -0.05) is 37.0 Å². The van der Waals surface area contributed by atoms with Gasteiger partial charge in [0.05, 0.1) is 11.5 Å². The van der Waals surface area contributed by atoms with Crippen LogP contribution in [0, 0.1) is 11.8 Å². The van der Waals surface area contributed by atoms with E-state index in [1.807, 2.05) is 30.3 Å². The molecule has 1 N–H and O–H groups in total. The molecule has 0 saturated carbocycles. The van der Waals surface area contributed by atoms with Crippen molar-refractivity contribution < 1.29 is 9.84 Å². The maximum Gasteiger partial charge on any atom is 0.123 e. The molecule has 0 radical (unpaired) electrons. The quantitative estimate of drug-likeness (QED) is 0.851. The van der Waals surface area contributed by atoms with Gasteiger partial charge in [-0.2, -0.15) is 0 Å². The molecule has 104 valence electrons. The minimum Gasteiger partial charge on any atom is -0.488 e. The molecule has 2 aromatic rings. The van der Waals surface area contributed by atoms with Crippen LogP contribution < -0.4 is 4.74 Å². The SMILES string of the molecule is CCc1ccccc1OCc1ccc(C#CCCO)s1. The third-order valence-corrected chi connectivity index (χ3v) is 3.81. The van der Waals surface area contributed by atoms with Crippen molar-refractivity contribution in [3.63, 3.8) is 0 Å². The standard InChI is InChI=1S/C17H18O2S/c1-2-14-7-3-4-9-17(14)19-13-16-11-10-15(20-16)8-5-6-12-18/h3-4,7,9-11,18H,2,6,12-13H2,1H3. The maximum atomic E-state index is 8.69. The van der Waals surface area contributed by atoms with Gasteiger partial charge in [-0.3, -0.25) is 0 Å². The lowest BCUT2D eigenvalue weighted by atomic mass is 10.1. The minimum atomic E-state index is 0.113.